The predicted octanol–water partition coefficient (Wildman–Crippen LogP) is 1.41. The fraction of sp³-hybridized carbons (Fsp3) is 0.545. The van der Waals surface area contributed by atoms with Gasteiger partial charge in [-0.3, -0.25) is 9.59 Å². The van der Waals surface area contributed by atoms with Crippen molar-refractivity contribution in [1.29, 1.82) is 0 Å². The van der Waals surface area contributed by atoms with Gasteiger partial charge in [0.15, 0.2) is 0 Å². The molecule has 2 spiro atoms. The molecule has 3 fully saturated rings. The van der Waals surface area contributed by atoms with Crippen LogP contribution in [0.1, 0.15) is 29.8 Å². The first-order valence-electron chi connectivity index (χ1n) is 10.6. The number of carbonyl (C=O) groups is 2. The molecule has 5 heterocycles. The molecule has 0 bridgehead atoms. The first kappa shape index (κ1) is 19.1. The van der Waals surface area contributed by atoms with Crippen molar-refractivity contribution in [1.82, 2.24) is 24.3 Å². The minimum absolute atomic E-state index is 0.0718. The Morgan fingerprint density at radius 2 is 1.73 bits per heavy atom. The van der Waals surface area contributed by atoms with Crippen molar-refractivity contribution < 1.29 is 9.59 Å². The Kier molecular flexibility index (Phi) is 4.34. The van der Waals surface area contributed by atoms with Crippen LogP contribution in [-0.4, -0.2) is 75.9 Å². The highest BCUT2D eigenvalue weighted by molar-refractivity contribution is 5.93. The molecular weight excluding hydrogens is 380 g/mol. The van der Waals surface area contributed by atoms with Crippen LogP contribution in [0, 0.1) is 10.8 Å². The summed E-state index contributed by atoms with van der Waals surface area (Å²) in [6.45, 7) is 3.56. The summed E-state index contributed by atoms with van der Waals surface area (Å²) in [6, 6.07) is 5.58. The van der Waals surface area contributed by atoms with Gasteiger partial charge in [0.2, 0.25) is 11.9 Å². The predicted molar refractivity (Wildman–Crippen MR) is 112 cm³/mol. The van der Waals surface area contributed by atoms with Crippen molar-refractivity contribution in [3.8, 4) is 0 Å². The van der Waals surface area contributed by atoms with E-state index in [9.17, 15) is 9.59 Å². The summed E-state index contributed by atoms with van der Waals surface area (Å²) in [7, 11) is 3.80. The van der Waals surface area contributed by atoms with Crippen LogP contribution < -0.4 is 4.90 Å². The van der Waals surface area contributed by atoms with E-state index in [1.165, 1.54) is 0 Å². The van der Waals surface area contributed by atoms with Crippen LogP contribution in [-0.2, 0) is 11.8 Å². The van der Waals surface area contributed by atoms with E-state index in [1.54, 1.807) is 12.4 Å². The molecule has 3 saturated heterocycles. The zero-order valence-corrected chi connectivity index (χ0v) is 17.6. The quantitative estimate of drug-likeness (QED) is 0.751. The van der Waals surface area contributed by atoms with Gasteiger partial charge in [0.05, 0.1) is 5.41 Å². The number of rotatable bonds is 2. The van der Waals surface area contributed by atoms with E-state index in [2.05, 4.69) is 14.9 Å². The maximum absolute atomic E-state index is 13.4. The number of aryl methyl sites for hydroxylation is 1. The normalized spacial score (nSPS) is 25.7. The van der Waals surface area contributed by atoms with Gasteiger partial charge in [-0.2, -0.15) is 0 Å². The number of anilines is 1. The second kappa shape index (κ2) is 6.82. The lowest BCUT2D eigenvalue weighted by Gasteiger charge is -2.46. The molecule has 2 aromatic heterocycles. The van der Waals surface area contributed by atoms with Gasteiger partial charge >= 0.3 is 0 Å². The highest BCUT2D eigenvalue weighted by Gasteiger charge is 2.65. The van der Waals surface area contributed by atoms with Crippen molar-refractivity contribution in [2.75, 3.05) is 44.7 Å². The lowest BCUT2D eigenvalue weighted by Crippen LogP contribution is -2.53. The molecular formula is C22H28N6O2. The molecule has 0 unspecified atom stereocenters. The molecule has 8 heteroatoms. The Morgan fingerprint density at radius 3 is 2.33 bits per heavy atom. The highest BCUT2D eigenvalue weighted by Crippen LogP contribution is 2.58. The number of piperidine rings is 1. The van der Waals surface area contributed by atoms with Gasteiger partial charge < -0.3 is 19.3 Å². The number of fused-ring (bicyclic) bond motifs is 1. The molecule has 158 valence electrons. The molecule has 0 aliphatic carbocycles. The molecule has 0 radical (unpaired) electrons. The van der Waals surface area contributed by atoms with Crippen molar-refractivity contribution in [3.63, 3.8) is 0 Å². The number of nitrogens with zero attached hydrogens (tertiary/aromatic N) is 6. The van der Waals surface area contributed by atoms with E-state index >= 15 is 0 Å². The summed E-state index contributed by atoms with van der Waals surface area (Å²) < 4.78 is 1.87. The van der Waals surface area contributed by atoms with Gasteiger partial charge in [0.1, 0.15) is 5.69 Å². The third-order valence-corrected chi connectivity index (χ3v) is 7.61. The van der Waals surface area contributed by atoms with Gasteiger partial charge in [-0.1, -0.05) is 0 Å². The van der Waals surface area contributed by atoms with E-state index in [4.69, 9.17) is 0 Å². The molecule has 3 aliphatic rings. The van der Waals surface area contributed by atoms with Crippen LogP contribution in [0.5, 0.6) is 0 Å². The molecule has 0 N–H and O–H groups in total. The van der Waals surface area contributed by atoms with Crippen molar-refractivity contribution in [2.24, 2.45) is 17.9 Å². The second-order valence-corrected chi connectivity index (χ2v) is 9.04. The summed E-state index contributed by atoms with van der Waals surface area (Å²) in [6.07, 6.45) is 7.92. The fourth-order valence-corrected chi connectivity index (χ4v) is 5.85. The SMILES string of the molecule is CN1CC[C@]2(CN(c3ncccn3)CC23CCN(C(=O)c2cccn2C)CC3)C1=O. The molecule has 30 heavy (non-hydrogen) atoms. The first-order chi connectivity index (χ1) is 14.5. The van der Waals surface area contributed by atoms with Crippen LogP contribution in [0.3, 0.4) is 0 Å². The van der Waals surface area contributed by atoms with Crippen LogP contribution >= 0.6 is 0 Å². The minimum Gasteiger partial charge on any atom is -0.347 e. The Morgan fingerprint density at radius 1 is 1.00 bits per heavy atom. The number of hydrogen-bond donors (Lipinski definition) is 0. The Hall–Kier alpha value is -2.90. The molecule has 0 aromatic carbocycles. The van der Waals surface area contributed by atoms with Crippen LogP contribution in [0.2, 0.25) is 0 Å². The van der Waals surface area contributed by atoms with Crippen LogP contribution in [0.25, 0.3) is 0 Å². The van der Waals surface area contributed by atoms with Gasteiger partial charge in [0, 0.05) is 70.8 Å². The van der Waals surface area contributed by atoms with E-state index in [-0.39, 0.29) is 17.2 Å². The summed E-state index contributed by atoms with van der Waals surface area (Å²) in [5.74, 6) is 1.00. The second-order valence-electron chi connectivity index (χ2n) is 9.04. The number of amides is 2. The van der Waals surface area contributed by atoms with E-state index < -0.39 is 5.41 Å². The van der Waals surface area contributed by atoms with Crippen molar-refractivity contribution in [2.45, 2.75) is 19.3 Å². The van der Waals surface area contributed by atoms with Gasteiger partial charge in [0.25, 0.3) is 5.91 Å². The maximum Gasteiger partial charge on any atom is 0.270 e. The topological polar surface area (TPSA) is 74.6 Å². The summed E-state index contributed by atoms with van der Waals surface area (Å²) >= 11 is 0. The Balaban J connectivity index is 1.42. The average molecular weight is 409 g/mol. The Labute approximate surface area is 176 Å². The number of likely N-dealkylation sites (tertiary alicyclic amines) is 2. The van der Waals surface area contributed by atoms with E-state index in [1.807, 2.05) is 52.9 Å². The van der Waals surface area contributed by atoms with Gasteiger partial charge in [-0.15, -0.1) is 0 Å². The number of carbonyl (C=O) groups excluding carboxylic acids is 2. The average Bonchev–Trinajstić information content (AvgIpc) is 3.42. The zero-order valence-electron chi connectivity index (χ0n) is 17.6. The Bertz CT molecular complexity index is 965. The molecule has 3 aliphatic heterocycles. The number of hydrogen-bond acceptors (Lipinski definition) is 5. The standard InChI is InChI=1S/C22H28N6O2/c1-25-11-3-5-17(25)18(29)27-13-6-21(7-14-27)15-28(20-23-9-4-10-24-20)16-22(21)8-12-26(2)19(22)30/h3-5,9-11H,6-8,12-16H2,1-2H3/t22-/m0/s1. The fourth-order valence-electron chi connectivity index (χ4n) is 5.85. The molecule has 8 nitrogen and oxygen atoms in total. The highest BCUT2D eigenvalue weighted by atomic mass is 16.2. The van der Waals surface area contributed by atoms with Crippen molar-refractivity contribution in [3.05, 3.63) is 42.5 Å². The van der Waals surface area contributed by atoms with E-state index in [0.29, 0.717) is 31.3 Å². The van der Waals surface area contributed by atoms with Gasteiger partial charge in [-0.25, -0.2) is 9.97 Å². The van der Waals surface area contributed by atoms with Gasteiger partial charge in [-0.05, 0) is 37.5 Å². The maximum atomic E-state index is 13.4. The molecule has 0 saturated carbocycles. The minimum atomic E-state index is -0.416. The van der Waals surface area contributed by atoms with E-state index in [0.717, 1.165) is 32.4 Å². The van der Waals surface area contributed by atoms with Crippen LogP contribution in [0.15, 0.2) is 36.8 Å². The monoisotopic (exact) mass is 408 g/mol. The zero-order chi connectivity index (χ0) is 20.9. The smallest absolute Gasteiger partial charge is 0.270 e. The molecule has 2 aromatic rings. The summed E-state index contributed by atoms with van der Waals surface area (Å²) in [5.41, 5.74) is 0.142. The van der Waals surface area contributed by atoms with Crippen molar-refractivity contribution >= 4 is 17.8 Å². The molecule has 2 amide bonds. The third kappa shape index (κ3) is 2.66. The lowest BCUT2D eigenvalue weighted by molar-refractivity contribution is -0.140. The summed E-state index contributed by atoms with van der Waals surface area (Å²) in [4.78, 5) is 41.3. The lowest BCUT2D eigenvalue weighted by atomic mass is 9.60. The largest absolute Gasteiger partial charge is 0.347 e. The molecule has 5 rings (SSSR count). The molecule has 1 atom stereocenters. The number of aromatic nitrogens is 3. The van der Waals surface area contributed by atoms with Crippen LogP contribution in [0.4, 0.5) is 5.95 Å². The first-order valence-corrected chi connectivity index (χ1v) is 10.6. The third-order valence-electron chi connectivity index (χ3n) is 7.61. The summed E-state index contributed by atoms with van der Waals surface area (Å²) in [5, 5.41) is 0.